The summed E-state index contributed by atoms with van der Waals surface area (Å²) >= 11 is 3.28. The third-order valence-electron chi connectivity index (χ3n) is 2.51. The van der Waals surface area contributed by atoms with Gasteiger partial charge in [0, 0.05) is 11.4 Å². The van der Waals surface area contributed by atoms with Gasteiger partial charge in [0.25, 0.3) is 0 Å². The molecular formula is C12H17BrO4S. The van der Waals surface area contributed by atoms with Crippen molar-refractivity contribution in [2.75, 3.05) is 25.3 Å². The minimum absolute atomic E-state index is 0.147. The molecule has 0 saturated carbocycles. The number of hydrogen-bond acceptors (Lipinski definition) is 4. The van der Waals surface area contributed by atoms with Gasteiger partial charge in [0.2, 0.25) is 0 Å². The number of halogens is 1. The van der Waals surface area contributed by atoms with E-state index in [-0.39, 0.29) is 10.6 Å². The summed E-state index contributed by atoms with van der Waals surface area (Å²) in [4.78, 5) is 0.273. The van der Waals surface area contributed by atoms with E-state index in [9.17, 15) is 8.42 Å². The van der Waals surface area contributed by atoms with Crippen LogP contribution < -0.4 is 9.47 Å². The first kappa shape index (κ1) is 15.3. The molecule has 0 aliphatic carbocycles. The maximum atomic E-state index is 12.1. The van der Waals surface area contributed by atoms with Crippen LogP contribution in [-0.2, 0) is 9.84 Å². The van der Waals surface area contributed by atoms with Crippen molar-refractivity contribution in [3.8, 4) is 11.5 Å². The summed E-state index contributed by atoms with van der Waals surface area (Å²) in [6, 6.07) is 4.66. The Labute approximate surface area is 116 Å². The van der Waals surface area contributed by atoms with Crippen LogP contribution >= 0.6 is 15.9 Å². The van der Waals surface area contributed by atoms with Crippen LogP contribution in [-0.4, -0.2) is 33.7 Å². The van der Waals surface area contributed by atoms with E-state index in [1.807, 2.05) is 0 Å². The first-order valence-electron chi connectivity index (χ1n) is 5.56. The molecule has 0 saturated heterocycles. The average molecular weight is 337 g/mol. The van der Waals surface area contributed by atoms with E-state index in [0.29, 0.717) is 17.9 Å². The summed E-state index contributed by atoms with van der Waals surface area (Å²) in [5.41, 5.74) is 0. The fraction of sp³-hybridized carbons (Fsp3) is 0.500. The van der Waals surface area contributed by atoms with Gasteiger partial charge < -0.3 is 9.47 Å². The van der Waals surface area contributed by atoms with E-state index >= 15 is 0 Å². The third kappa shape index (κ3) is 3.88. The molecule has 1 rings (SSSR count). The Kier molecular flexibility index (Phi) is 5.95. The van der Waals surface area contributed by atoms with Crippen LogP contribution in [0.2, 0.25) is 0 Å². The number of hydrogen-bond donors (Lipinski definition) is 0. The van der Waals surface area contributed by atoms with Gasteiger partial charge in [-0.15, -0.1) is 0 Å². The SMILES string of the molecule is COc1ccc(S(=O)(=O)CCCCBr)cc1OC. The second-order valence-corrected chi connectivity index (χ2v) is 6.63. The largest absolute Gasteiger partial charge is 0.493 e. The molecule has 0 aliphatic heterocycles. The van der Waals surface area contributed by atoms with Crippen molar-refractivity contribution in [3.05, 3.63) is 18.2 Å². The van der Waals surface area contributed by atoms with Gasteiger partial charge in [0.05, 0.1) is 24.9 Å². The maximum absolute atomic E-state index is 12.1. The Morgan fingerprint density at radius 2 is 1.78 bits per heavy atom. The zero-order valence-corrected chi connectivity index (χ0v) is 12.9. The number of alkyl halides is 1. The molecule has 0 spiro atoms. The fourth-order valence-corrected chi connectivity index (χ4v) is 3.29. The Bertz CT molecular complexity index is 485. The van der Waals surface area contributed by atoms with Crippen molar-refractivity contribution in [2.45, 2.75) is 17.7 Å². The zero-order chi connectivity index (χ0) is 13.6. The number of ether oxygens (including phenoxy) is 2. The molecule has 6 heteroatoms. The molecule has 0 aromatic heterocycles. The van der Waals surface area contributed by atoms with Gasteiger partial charge in [-0.25, -0.2) is 8.42 Å². The lowest BCUT2D eigenvalue weighted by Crippen LogP contribution is -2.07. The van der Waals surface area contributed by atoms with Crippen molar-refractivity contribution in [1.29, 1.82) is 0 Å². The Balaban J connectivity index is 2.95. The van der Waals surface area contributed by atoms with Crippen LogP contribution in [0.5, 0.6) is 11.5 Å². The Hall–Kier alpha value is -0.750. The summed E-state index contributed by atoms with van der Waals surface area (Å²) in [7, 11) is -0.245. The minimum atomic E-state index is -3.25. The van der Waals surface area contributed by atoms with E-state index < -0.39 is 9.84 Å². The molecule has 102 valence electrons. The zero-order valence-electron chi connectivity index (χ0n) is 10.5. The second-order valence-electron chi connectivity index (χ2n) is 3.73. The normalized spacial score (nSPS) is 11.3. The Morgan fingerprint density at radius 3 is 2.33 bits per heavy atom. The van der Waals surface area contributed by atoms with E-state index in [4.69, 9.17) is 9.47 Å². The molecule has 0 bridgehead atoms. The van der Waals surface area contributed by atoms with Gasteiger partial charge in [-0.2, -0.15) is 0 Å². The number of rotatable bonds is 7. The monoisotopic (exact) mass is 336 g/mol. The topological polar surface area (TPSA) is 52.6 Å². The van der Waals surface area contributed by atoms with Gasteiger partial charge in [-0.1, -0.05) is 15.9 Å². The van der Waals surface area contributed by atoms with Crippen LogP contribution in [0.25, 0.3) is 0 Å². The van der Waals surface area contributed by atoms with Gasteiger partial charge in [0.1, 0.15) is 0 Å². The maximum Gasteiger partial charge on any atom is 0.178 e. The van der Waals surface area contributed by atoms with Gasteiger partial charge in [0.15, 0.2) is 21.3 Å². The molecule has 1 aromatic rings. The summed E-state index contributed by atoms with van der Waals surface area (Å²) in [6.07, 6.45) is 1.48. The smallest absolute Gasteiger partial charge is 0.178 e. The van der Waals surface area contributed by atoms with Crippen molar-refractivity contribution in [2.24, 2.45) is 0 Å². The Morgan fingerprint density at radius 1 is 1.11 bits per heavy atom. The number of benzene rings is 1. The van der Waals surface area contributed by atoms with Crippen LogP contribution in [0.1, 0.15) is 12.8 Å². The number of unbranched alkanes of at least 4 members (excludes halogenated alkanes) is 1. The molecule has 18 heavy (non-hydrogen) atoms. The first-order valence-corrected chi connectivity index (χ1v) is 8.33. The molecule has 0 N–H and O–H groups in total. The fourth-order valence-electron chi connectivity index (χ4n) is 1.51. The van der Waals surface area contributed by atoms with Crippen molar-refractivity contribution < 1.29 is 17.9 Å². The summed E-state index contributed by atoms with van der Waals surface area (Å²) < 4.78 is 34.3. The van der Waals surface area contributed by atoms with Gasteiger partial charge in [-0.3, -0.25) is 0 Å². The first-order chi connectivity index (χ1) is 8.55. The van der Waals surface area contributed by atoms with Crippen molar-refractivity contribution in [3.63, 3.8) is 0 Å². The van der Waals surface area contributed by atoms with E-state index in [0.717, 1.165) is 11.8 Å². The highest BCUT2D eigenvalue weighted by atomic mass is 79.9. The highest BCUT2D eigenvalue weighted by Crippen LogP contribution is 2.29. The molecule has 0 aliphatic rings. The minimum Gasteiger partial charge on any atom is -0.493 e. The van der Waals surface area contributed by atoms with Gasteiger partial charge >= 0.3 is 0 Å². The molecule has 0 fully saturated rings. The van der Waals surface area contributed by atoms with Crippen molar-refractivity contribution in [1.82, 2.24) is 0 Å². The standard InChI is InChI=1S/C12H17BrO4S/c1-16-11-6-5-10(9-12(11)17-2)18(14,15)8-4-3-7-13/h5-6,9H,3-4,7-8H2,1-2H3. The summed E-state index contributed by atoms with van der Waals surface area (Å²) in [5.74, 6) is 1.10. The molecule has 1 aromatic carbocycles. The molecular weight excluding hydrogens is 320 g/mol. The predicted octanol–water partition coefficient (Wildman–Crippen LogP) is 2.65. The highest BCUT2D eigenvalue weighted by Gasteiger charge is 2.16. The predicted molar refractivity (Wildman–Crippen MR) is 74.6 cm³/mol. The summed E-state index contributed by atoms with van der Waals surface area (Å²) in [5, 5.41) is 0.814. The number of methoxy groups -OCH3 is 2. The van der Waals surface area contributed by atoms with Crippen LogP contribution in [0, 0.1) is 0 Å². The third-order valence-corrected chi connectivity index (χ3v) is 4.87. The van der Waals surface area contributed by atoms with Crippen molar-refractivity contribution >= 4 is 25.8 Å². The number of sulfone groups is 1. The molecule has 0 radical (unpaired) electrons. The lowest BCUT2D eigenvalue weighted by atomic mass is 10.3. The average Bonchev–Trinajstić information content (AvgIpc) is 2.38. The molecule has 0 amide bonds. The summed E-state index contributed by atoms with van der Waals surface area (Å²) in [6.45, 7) is 0. The molecule has 0 heterocycles. The van der Waals surface area contributed by atoms with Crippen LogP contribution in [0.3, 0.4) is 0 Å². The van der Waals surface area contributed by atoms with E-state index in [1.54, 1.807) is 12.1 Å². The lowest BCUT2D eigenvalue weighted by Gasteiger charge is -2.10. The van der Waals surface area contributed by atoms with Gasteiger partial charge in [-0.05, 0) is 25.0 Å². The second kappa shape index (κ2) is 6.99. The van der Waals surface area contributed by atoms with E-state index in [1.165, 1.54) is 20.3 Å². The van der Waals surface area contributed by atoms with Crippen LogP contribution in [0.4, 0.5) is 0 Å². The lowest BCUT2D eigenvalue weighted by molar-refractivity contribution is 0.354. The highest BCUT2D eigenvalue weighted by molar-refractivity contribution is 9.09. The molecule has 4 nitrogen and oxygen atoms in total. The van der Waals surface area contributed by atoms with Crippen LogP contribution in [0.15, 0.2) is 23.1 Å². The quantitative estimate of drug-likeness (QED) is 0.567. The van der Waals surface area contributed by atoms with E-state index in [2.05, 4.69) is 15.9 Å². The molecule has 0 atom stereocenters. The molecule has 0 unspecified atom stereocenters.